The zero-order valence-electron chi connectivity index (χ0n) is 15.7. The molecule has 0 saturated heterocycles. The molecule has 0 fully saturated rings. The molecule has 2 aromatic carbocycles. The Kier molecular flexibility index (Phi) is 4.68. The Balaban J connectivity index is 2.01. The molecule has 28 heavy (non-hydrogen) atoms. The van der Waals surface area contributed by atoms with Gasteiger partial charge in [0.1, 0.15) is 16.3 Å². The summed E-state index contributed by atoms with van der Waals surface area (Å²) in [6.07, 6.45) is 0. The number of rotatable bonds is 4. The molecule has 6 nitrogen and oxygen atoms in total. The average Bonchev–Trinajstić information content (AvgIpc) is 3.08. The van der Waals surface area contributed by atoms with Gasteiger partial charge >= 0.3 is 5.97 Å². The van der Waals surface area contributed by atoms with Crippen molar-refractivity contribution in [3.8, 4) is 5.69 Å². The van der Waals surface area contributed by atoms with Crippen LogP contribution < -0.4 is 5.56 Å². The first-order valence-corrected chi connectivity index (χ1v) is 9.72. The van der Waals surface area contributed by atoms with E-state index in [1.807, 2.05) is 55.5 Å². The number of ether oxygens (including phenoxy) is 1. The highest BCUT2D eigenvalue weighted by atomic mass is 32.2. The Bertz CT molecular complexity index is 1240. The van der Waals surface area contributed by atoms with E-state index in [2.05, 4.69) is 4.98 Å². The van der Waals surface area contributed by atoms with Gasteiger partial charge in [0, 0.05) is 10.9 Å². The van der Waals surface area contributed by atoms with E-state index >= 15 is 0 Å². The summed E-state index contributed by atoms with van der Waals surface area (Å²) in [5, 5.41) is 0.818. The molecule has 0 aliphatic carbocycles. The molecule has 0 saturated carbocycles. The number of carbonyl (C=O) groups is 1. The van der Waals surface area contributed by atoms with E-state index < -0.39 is 5.25 Å². The molecule has 0 aliphatic heterocycles. The van der Waals surface area contributed by atoms with Gasteiger partial charge in [-0.25, -0.2) is 4.98 Å². The topological polar surface area (TPSA) is 77.0 Å². The molecule has 0 amide bonds. The molecule has 4 rings (SSSR count). The van der Waals surface area contributed by atoms with E-state index in [9.17, 15) is 9.59 Å². The number of fused-ring (bicyclic) bond motifs is 3. The van der Waals surface area contributed by atoms with Crippen LogP contribution in [0.1, 0.15) is 12.5 Å². The molecule has 4 aromatic rings. The third-order valence-electron chi connectivity index (χ3n) is 4.60. The van der Waals surface area contributed by atoms with Crippen molar-refractivity contribution in [2.24, 2.45) is 0 Å². The fraction of sp³-hybridized carbons (Fsp3) is 0.190. The molecule has 2 aromatic heterocycles. The molecule has 0 radical (unpaired) electrons. The first kappa shape index (κ1) is 18.3. The number of thioether (sulfide) groups is 1. The van der Waals surface area contributed by atoms with Crippen molar-refractivity contribution in [3.05, 3.63) is 64.4 Å². The van der Waals surface area contributed by atoms with Crippen molar-refractivity contribution >= 4 is 39.7 Å². The van der Waals surface area contributed by atoms with Crippen LogP contribution in [-0.4, -0.2) is 32.9 Å². The van der Waals surface area contributed by atoms with Crippen LogP contribution in [0.15, 0.2) is 58.5 Å². The second-order valence-corrected chi connectivity index (χ2v) is 7.86. The Morgan fingerprint density at radius 2 is 1.89 bits per heavy atom. The van der Waals surface area contributed by atoms with E-state index in [0.29, 0.717) is 21.9 Å². The number of aromatic nitrogens is 3. The number of methoxy groups -OCH3 is 1. The predicted molar refractivity (Wildman–Crippen MR) is 111 cm³/mol. The molecular weight excluding hydrogens is 374 g/mol. The van der Waals surface area contributed by atoms with Crippen LogP contribution in [0.4, 0.5) is 0 Å². The van der Waals surface area contributed by atoms with Gasteiger partial charge in [-0.05, 0) is 32.0 Å². The lowest BCUT2D eigenvalue weighted by Gasteiger charge is -2.14. The molecule has 1 unspecified atom stereocenters. The summed E-state index contributed by atoms with van der Waals surface area (Å²) < 4.78 is 6.38. The highest BCUT2D eigenvalue weighted by Crippen LogP contribution is 2.28. The number of H-pyrrole nitrogens is 1. The van der Waals surface area contributed by atoms with E-state index in [-0.39, 0.29) is 11.5 Å². The minimum Gasteiger partial charge on any atom is -0.468 e. The van der Waals surface area contributed by atoms with Crippen LogP contribution in [0.2, 0.25) is 0 Å². The second-order valence-electron chi connectivity index (χ2n) is 6.55. The molecular formula is C21H19N3O3S. The number of carbonyl (C=O) groups excluding carboxylic acids is 1. The minimum atomic E-state index is -0.503. The highest BCUT2D eigenvalue weighted by molar-refractivity contribution is 8.00. The summed E-state index contributed by atoms with van der Waals surface area (Å²) in [5.41, 5.74) is 3.47. The van der Waals surface area contributed by atoms with Gasteiger partial charge in [-0.3, -0.25) is 14.2 Å². The van der Waals surface area contributed by atoms with E-state index in [0.717, 1.165) is 16.5 Å². The number of para-hydroxylation sites is 1. The summed E-state index contributed by atoms with van der Waals surface area (Å²) in [4.78, 5) is 33.3. The number of esters is 1. The molecule has 7 heteroatoms. The number of aryl methyl sites for hydroxylation is 1. The Morgan fingerprint density at radius 1 is 1.18 bits per heavy atom. The standard InChI is InChI=1S/C21H19N3O3S/c1-12-8-10-14(11-9-12)24-19(25)18-17(15-6-4-5-7-16(15)22-18)23-21(24)28-13(2)20(26)27-3/h4-11,13,22H,1-3H3. The number of aromatic amines is 1. The van der Waals surface area contributed by atoms with Crippen molar-refractivity contribution in [3.63, 3.8) is 0 Å². The fourth-order valence-electron chi connectivity index (χ4n) is 3.12. The third kappa shape index (κ3) is 3.07. The van der Waals surface area contributed by atoms with E-state index in [1.165, 1.54) is 18.9 Å². The SMILES string of the molecule is COC(=O)C(C)Sc1nc2c([nH]c3ccccc32)c(=O)n1-c1ccc(C)cc1. The number of hydrogen-bond acceptors (Lipinski definition) is 5. The maximum absolute atomic E-state index is 13.4. The number of hydrogen-bond donors (Lipinski definition) is 1. The zero-order valence-corrected chi connectivity index (χ0v) is 16.5. The summed E-state index contributed by atoms with van der Waals surface area (Å²) >= 11 is 1.21. The lowest BCUT2D eigenvalue weighted by Crippen LogP contribution is -2.24. The van der Waals surface area contributed by atoms with Crippen LogP contribution >= 0.6 is 11.8 Å². The van der Waals surface area contributed by atoms with Gasteiger partial charge in [-0.1, -0.05) is 47.7 Å². The number of benzene rings is 2. The Morgan fingerprint density at radius 3 is 2.61 bits per heavy atom. The van der Waals surface area contributed by atoms with Gasteiger partial charge in [0.25, 0.3) is 5.56 Å². The maximum Gasteiger partial charge on any atom is 0.318 e. The number of nitrogens with one attached hydrogen (secondary N) is 1. The smallest absolute Gasteiger partial charge is 0.318 e. The van der Waals surface area contributed by atoms with Crippen LogP contribution in [0.5, 0.6) is 0 Å². The van der Waals surface area contributed by atoms with Crippen LogP contribution in [0, 0.1) is 6.92 Å². The first-order valence-electron chi connectivity index (χ1n) is 8.84. The van der Waals surface area contributed by atoms with E-state index in [4.69, 9.17) is 9.72 Å². The third-order valence-corrected chi connectivity index (χ3v) is 5.63. The first-order chi connectivity index (χ1) is 13.5. The Hall–Kier alpha value is -3.06. The summed E-state index contributed by atoms with van der Waals surface area (Å²) in [6, 6.07) is 15.3. The quantitative estimate of drug-likeness (QED) is 0.324. The van der Waals surface area contributed by atoms with Gasteiger partial charge in [-0.15, -0.1) is 0 Å². The molecule has 2 heterocycles. The van der Waals surface area contributed by atoms with Crippen molar-refractivity contribution in [2.75, 3.05) is 7.11 Å². The van der Waals surface area contributed by atoms with Crippen molar-refractivity contribution < 1.29 is 9.53 Å². The van der Waals surface area contributed by atoms with Gasteiger partial charge < -0.3 is 9.72 Å². The normalized spacial score (nSPS) is 12.4. The van der Waals surface area contributed by atoms with Gasteiger partial charge in [0.15, 0.2) is 5.16 Å². The summed E-state index contributed by atoms with van der Waals surface area (Å²) in [5.74, 6) is -0.367. The van der Waals surface area contributed by atoms with Gasteiger partial charge in [0.05, 0.1) is 12.8 Å². The van der Waals surface area contributed by atoms with Crippen LogP contribution in [0.3, 0.4) is 0 Å². The maximum atomic E-state index is 13.4. The van der Waals surface area contributed by atoms with Crippen molar-refractivity contribution in [2.45, 2.75) is 24.3 Å². The monoisotopic (exact) mass is 393 g/mol. The van der Waals surface area contributed by atoms with Crippen molar-refractivity contribution in [1.29, 1.82) is 0 Å². The second kappa shape index (κ2) is 7.16. The molecule has 0 bridgehead atoms. The van der Waals surface area contributed by atoms with Gasteiger partial charge in [0.2, 0.25) is 0 Å². The fourth-order valence-corrected chi connectivity index (χ4v) is 4.06. The molecule has 0 spiro atoms. The molecule has 0 aliphatic rings. The average molecular weight is 393 g/mol. The lowest BCUT2D eigenvalue weighted by molar-refractivity contribution is -0.139. The molecule has 142 valence electrons. The van der Waals surface area contributed by atoms with Gasteiger partial charge in [-0.2, -0.15) is 0 Å². The van der Waals surface area contributed by atoms with Crippen LogP contribution in [0.25, 0.3) is 27.6 Å². The summed E-state index contributed by atoms with van der Waals surface area (Å²) in [7, 11) is 1.35. The largest absolute Gasteiger partial charge is 0.468 e. The lowest BCUT2D eigenvalue weighted by atomic mass is 10.2. The van der Waals surface area contributed by atoms with Crippen LogP contribution in [-0.2, 0) is 9.53 Å². The highest BCUT2D eigenvalue weighted by Gasteiger charge is 2.22. The van der Waals surface area contributed by atoms with E-state index in [1.54, 1.807) is 11.5 Å². The minimum absolute atomic E-state index is 0.204. The predicted octanol–water partition coefficient (Wildman–Crippen LogP) is 3.83. The van der Waals surface area contributed by atoms with Crippen molar-refractivity contribution in [1.82, 2.24) is 14.5 Å². The zero-order chi connectivity index (χ0) is 19.8. The molecule has 1 atom stereocenters. The number of nitrogens with zero attached hydrogens (tertiary/aromatic N) is 2. The molecule has 1 N–H and O–H groups in total. The Labute approximate surface area is 165 Å². The summed E-state index contributed by atoms with van der Waals surface area (Å²) in [6.45, 7) is 3.72.